The SMILES string of the molecule is CN(CC(=O)NCc1ccc(F)cc1)C1CCCCCC1. The molecule has 0 radical (unpaired) electrons. The minimum atomic E-state index is -0.252. The zero-order valence-electron chi connectivity index (χ0n) is 12.8. The number of likely N-dealkylation sites (N-methyl/N-ethyl adjacent to an activating group) is 1. The highest BCUT2D eigenvalue weighted by Crippen LogP contribution is 2.20. The second-order valence-corrected chi connectivity index (χ2v) is 5.96. The van der Waals surface area contributed by atoms with Gasteiger partial charge in [-0.05, 0) is 37.6 Å². The predicted octanol–water partition coefficient (Wildman–Crippen LogP) is 3.10. The molecule has 21 heavy (non-hydrogen) atoms. The molecule has 1 aliphatic carbocycles. The first-order valence-corrected chi connectivity index (χ1v) is 7.86. The molecule has 1 fully saturated rings. The molecule has 0 bridgehead atoms. The number of halogens is 1. The summed E-state index contributed by atoms with van der Waals surface area (Å²) in [4.78, 5) is 14.2. The van der Waals surface area contributed by atoms with Gasteiger partial charge in [0, 0.05) is 12.6 Å². The molecule has 0 heterocycles. The van der Waals surface area contributed by atoms with Crippen molar-refractivity contribution in [3.63, 3.8) is 0 Å². The summed E-state index contributed by atoms with van der Waals surface area (Å²) in [5, 5.41) is 2.90. The van der Waals surface area contributed by atoms with Gasteiger partial charge in [-0.3, -0.25) is 9.69 Å². The topological polar surface area (TPSA) is 32.3 Å². The monoisotopic (exact) mass is 292 g/mol. The molecule has 1 N–H and O–H groups in total. The number of rotatable bonds is 5. The minimum absolute atomic E-state index is 0.0334. The van der Waals surface area contributed by atoms with E-state index in [2.05, 4.69) is 10.2 Å². The van der Waals surface area contributed by atoms with Crippen molar-refractivity contribution in [1.82, 2.24) is 10.2 Å². The smallest absolute Gasteiger partial charge is 0.234 e. The molecule has 0 unspecified atom stereocenters. The summed E-state index contributed by atoms with van der Waals surface area (Å²) in [6.07, 6.45) is 7.57. The van der Waals surface area contributed by atoms with Crippen molar-refractivity contribution in [3.8, 4) is 0 Å². The number of nitrogens with zero attached hydrogens (tertiary/aromatic N) is 1. The zero-order chi connectivity index (χ0) is 15.1. The van der Waals surface area contributed by atoms with Crippen LogP contribution in [0.5, 0.6) is 0 Å². The van der Waals surface area contributed by atoms with Gasteiger partial charge >= 0.3 is 0 Å². The van der Waals surface area contributed by atoms with Crippen molar-refractivity contribution in [2.75, 3.05) is 13.6 Å². The molecule has 0 spiro atoms. The first-order chi connectivity index (χ1) is 10.1. The molecule has 0 aliphatic heterocycles. The molecular formula is C17H25FN2O. The molecule has 1 amide bonds. The van der Waals surface area contributed by atoms with Crippen LogP contribution in [0.1, 0.15) is 44.1 Å². The van der Waals surface area contributed by atoms with Gasteiger partial charge in [0.25, 0.3) is 0 Å². The maximum absolute atomic E-state index is 12.8. The van der Waals surface area contributed by atoms with E-state index >= 15 is 0 Å². The molecule has 0 atom stereocenters. The predicted molar refractivity (Wildman–Crippen MR) is 82.4 cm³/mol. The zero-order valence-corrected chi connectivity index (χ0v) is 12.8. The van der Waals surface area contributed by atoms with Gasteiger partial charge in [-0.25, -0.2) is 4.39 Å². The second kappa shape index (κ2) is 8.13. The van der Waals surface area contributed by atoms with Crippen LogP contribution in [0.4, 0.5) is 4.39 Å². The van der Waals surface area contributed by atoms with E-state index < -0.39 is 0 Å². The van der Waals surface area contributed by atoms with E-state index in [0.29, 0.717) is 19.1 Å². The Morgan fingerprint density at radius 1 is 1.19 bits per heavy atom. The second-order valence-electron chi connectivity index (χ2n) is 5.96. The van der Waals surface area contributed by atoms with Gasteiger partial charge in [-0.15, -0.1) is 0 Å². The summed E-state index contributed by atoms with van der Waals surface area (Å²) in [6.45, 7) is 0.892. The lowest BCUT2D eigenvalue weighted by atomic mass is 10.1. The van der Waals surface area contributed by atoms with Crippen LogP contribution in [0.3, 0.4) is 0 Å². The van der Waals surface area contributed by atoms with Crippen LogP contribution in [0.25, 0.3) is 0 Å². The van der Waals surface area contributed by atoms with Gasteiger partial charge < -0.3 is 5.32 Å². The lowest BCUT2D eigenvalue weighted by molar-refractivity contribution is -0.122. The first kappa shape index (κ1) is 16.0. The fraction of sp³-hybridized carbons (Fsp3) is 0.588. The Morgan fingerprint density at radius 2 is 1.81 bits per heavy atom. The number of benzene rings is 1. The lowest BCUT2D eigenvalue weighted by Gasteiger charge is -2.26. The van der Waals surface area contributed by atoms with Crippen LogP contribution in [0.2, 0.25) is 0 Å². The highest BCUT2D eigenvalue weighted by Gasteiger charge is 2.18. The third kappa shape index (κ3) is 5.46. The number of carbonyl (C=O) groups is 1. The molecule has 1 aliphatic rings. The lowest BCUT2D eigenvalue weighted by Crippen LogP contribution is -2.40. The first-order valence-electron chi connectivity index (χ1n) is 7.86. The number of hydrogen-bond acceptors (Lipinski definition) is 2. The van der Waals surface area contributed by atoms with E-state index in [1.54, 1.807) is 12.1 Å². The largest absolute Gasteiger partial charge is 0.351 e. The van der Waals surface area contributed by atoms with Crippen molar-refractivity contribution < 1.29 is 9.18 Å². The molecular weight excluding hydrogens is 267 g/mol. The van der Waals surface area contributed by atoms with E-state index in [-0.39, 0.29) is 11.7 Å². The highest BCUT2D eigenvalue weighted by molar-refractivity contribution is 5.78. The van der Waals surface area contributed by atoms with Crippen LogP contribution < -0.4 is 5.32 Å². The Bertz CT molecular complexity index is 439. The number of hydrogen-bond donors (Lipinski definition) is 1. The van der Waals surface area contributed by atoms with Crippen molar-refractivity contribution >= 4 is 5.91 Å². The Hall–Kier alpha value is -1.42. The van der Waals surface area contributed by atoms with Crippen LogP contribution in [0, 0.1) is 5.82 Å². The number of amides is 1. The van der Waals surface area contributed by atoms with E-state index in [9.17, 15) is 9.18 Å². The summed E-state index contributed by atoms with van der Waals surface area (Å²) in [7, 11) is 2.04. The normalized spacial score (nSPS) is 16.7. The Morgan fingerprint density at radius 3 is 2.43 bits per heavy atom. The molecule has 1 saturated carbocycles. The van der Waals surface area contributed by atoms with Crippen molar-refractivity contribution in [3.05, 3.63) is 35.6 Å². The quantitative estimate of drug-likeness (QED) is 0.846. The van der Waals surface area contributed by atoms with Gasteiger partial charge in [0.15, 0.2) is 0 Å². The van der Waals surface area contributed by atoms with E-state index in [4.69, 9.17) is 0 Å². The molecule has 1 aromatic carbocycles. The maximum Gasteiger partial charge on any atom is 0.234 e. The molecule has 1 aromatic rings. The van der Waals surface area contributed by atoms with Gasteiger partial charge in [0.1, 0.15) is 5.82 Å². The fourth-order valence-corrected chi connectivity index (χ4v) is 2.91. The van der Waals surface area contributed by atoms with Crippen molar-refractivity contribution in [2.45, 2.75) is 51.1 Å². The summed E-state index contributed by atoms with van der Waals surface area (Å²) in [5.41, 5.74) is 0.918. The summed E-state index contributed by atoms with van der Waals surface area (Å²) in [6, 6.07) is 6.76. The third-order valence-corrected chi connectivity index (χ3v) is 4.24. The Labute approximate surface area is 126 Å². The molecule has 2 rings (SSSR count). The Kier molecular flexibility index (Phi) is 6.18. The number of carbonyl (C=O) groups excluding carboxylic acids is 1. The average molecular weight is 292 g/mol. The summed E-state index contributed by atoms with van der Waals surface area (Å²) >= 11 is 0. The van der Waals surface area contributed by atoms with E-state index in [1.165, 1.54) is 50.7 Å². The fourth-order valence-electron chi connectivity index (χ4n) is 2.91. The molecule has 0 aromatic heterocycles. The third-order valence-electron chi connectivity index (χ3n) is 4.24. The van der Waals surface area contributed by atoms with Crippen molar-refractivity contribution in [2.24, 2.45) is 0 Å². The van der Waals surface area contributed by atoms with Gasteiger partial charge in [0.2, 0.25) is 5.91 Å². The molecule has 3 nitrogen and oxygen atoms in total. The number of nitrogens with one attached hydrogen (secondary N) is 1. The molecule has 116 valence electrons. The van der Waals surface area contributed by atoms with E-state index in [1.807, 2.05) is 7.05 Å². The maximum atomic E-state index is 12.8. The van der Waals surface area contributed by atoms with Crippen LogP contribution in [-0.4, -0.2) is 30.4 Å². The van der Waals surface area contributed by atoms with Gasteiger partial charge in [0.05, 0.1) is 6.54 Å². The van der Waals surface area contributed by atoms with Gasteiger partial charge in [-0.1, -0.05) is 37.8 Å². The van der Waals surface area contributed by atoms with Crippen LogP contribution in [0.15, 0.2) is 24.3 Å². The van der Waals surface area contributed by atoms with Crippen LogP contribution in [-0.2, 0) is 11.3 Å². The minimum Gasteiger partial charge on any atom is -0.351 e. The summed E-state index contributed by atoms with van der Waals surface area (Å²) in [5.74, 6) is -0.218. The Balaban J connectivity index is 1.74. The van der Waals surface area contributed by atoms with Gasteiger partial charge in [-0.2, -0.15) is 0 Å². The van der Waals surface area contributed by atoms with Crippen LogP contribution >= 0.6 is 0 Å². The molecule has 4 heteroatoms. The highest BCUT2D eigenvalue weighted by atomic mass is 19.1. The van der Waals surface area contributed by atoms with Crippen molar-refractivity contribution in [1.29, 1.82) is 0 Å². The summed E-state index contributed by atoms with van der Waals surface area (Å²) < 4.78 is 12.8. The molecule has 0 saturated heterocycles. The standard InChI is InChI=1S/C17H25FN2O/c1-20(16-6-4-2-3-5-7-16)13-17(21)19-12-14-8-10-15(18)11-9-14/h8-11,16H,2-7,12-13H2,1H3,(H,19,21). The van der Waals surface area contributed by atoms with E-state index in [0.717, 1.165) is 5.56 Å². The average Bonchev–Trinajstić information content (AvgIpc) is 2.76.